The molecule has 1 saturated heterocycles. The highest BCUT2D eigenvalue weighted by atomic mass is 79.9. The molecule has 0 atom stereocenters. The third-order valence-corrected chi connectivity index (χ3v) is 4.06. The van der Waals surface area contributed by atoms with Gasteiger partial charge in [-0.1, -0.05) is 0 Å². The minimum atomic E-state index is -0.526. The molecule has 1 aliphatic rings. The molecule has 0 spiro atoms. The molecule has 0 aliphatic carbocycles. The summed E-state index contributed by atoms with van der Waals surface area (Å²) in [7, 11) is 0. The molecule has 0 N–H and O–H groups in total. The summed E-state index contributed by atoms with van der Waals surface area (Å²) in [5.41, 5.74) is 0.809. The molecule has 8 nitrogen and oxygen atoms in total. The Hall–Kier alpha value is -2.42. The first-order chi connectivity index (χ1) is 11.0. The number of furan rings is 1. The van der Waals surface area contributed by atoms with Crippen LogP contribution in [0.2, 0.25) is 0 Å². The number of rotatable bonds is 3. The fraction of sp³-hybridized carbons (Fsp3) is 0.286. The van der Waals surface area contributed by atoms with Crippen molar-refractivity contribution in [1.82, 2.24) is 9.88 Å². The molecule has 1 amide bonds. The van der Waals surface area contributed by atoms with Crippen molar-refractivity contribution >= 4 is 33.3 Å². The van der Waals surface area contributed by atoms with Gasteiger partial charge in [-0.05, 0) is 44.0 Å². The van der Waals surface area contributed by atoms with Crippen LogP contribution in [0.3, 0.4) is 0 Å². The molecular weight excluding hydrogens is 368 g/mol. The first kappa shape index (κ1) is 15.5. The second-order valence-corrected chi connectivity index (χ2v) is 5.80. The van der Waals surface area contributed by atoms with Gasteiger partial charge in [-0.15, -0.1) is 0 Å². The number of hydrogen-bond donors (Lipinski definition) is 0. The van der Waals surface area contributed by atoms with Crippen molar-refractivity contribution in [2.45, 2.75) is 0 Å². The number of pyridine rings is 1. The van der Waals surface area contributed by atoms with Gasteiger partial charge < -0.3 is 24.3 Å². The molecule has 0 saturated carbocycles. The van der Waals surface area contributed by atoms with Gasteiger partial charge in [0.25, 0.3) is 5.91 Å². The maximum Gasteiger partial charge on any atom is 0.363 e. The zero-order valence-electron chi connectivity index (χ0n) is 12.0. The smallest absolute Gasteiger partial charge is 0.363 e. The average Bonchev–Trinajstić information content (AvgIpc) is 3.01. The summed E-state index contributed by atoms with van der Waals surface area (Å²) in [6.45, 7) is 2.36. The van der Waals surface area contributed by atoms with E-state index in [0.29, 0.717) is 36.6 Å². The van der Waals surface area contributed by atoms with Crippen molar-refractivity contribution in [3.63, 3.8) is 0 Å². The molecule has 1 aliphatic heterocycles. The molecule has 120 valence electrons. The first-order valence-electron chi connectivity index (χ1n) is 6.94. The lowest BCUT2D eigenvalue weighted by Crippen LogP contribution is -2.48. The minimum Gasteiger partial charge on any atom is -0.444 e. The van der Waals surface area contributed by atoms with Gasteiger partial charge in [-0.25, -0.2) is 0 Å². The van der Waals surface area contributed by atoms with Crippen molar-refractivity contribution < 1.29 is 14.1 Å². The molecule has 0 bridgehead atoms. The van der Waals surface area contributed by atoms with E-state index in [1.54, 1.807) is 23.1 Å². The summed E-state index contributed by atoms with van der Waals surface area (Å²) in [4.78, 5) is 30.0. The van der Waals surface area contributed by atoms with E-state index < -0.39 is 4.92 Å². The fourth-order valence-corrected chi connectivity index (χ4v) is 2.73. The Morgan fingerprint density at radius 1 is 1.22 bits per heavy atom. The molecule has 3 heterocycles. The molecular formula is C14H13BrN4O4. The summed E-state index contributed by atoms with van der Waals surface area (Å²) in [6, 6.07) is 6.38. The van der Waals surface area contributed by atoms with Gasteiger partial charge in [0, 0.05) is 32.2 Å². The van der Waals surface area contributed by atoms with Crippen LogP contribution in [0, 0.1) is 10.1 Å². The number of nitro groups is 1. The lowest BCUT2D eigenvalue weighted by molar-refractivity contribution is -0.389. The van der Waals surface area contributed by atoms with E-state index >= 15 is 0 Å². The van der Waals surface area contributed by atoms with E-state index in [2.05, 4.69) is 20.9 Å². The van der Waals surface area contributed by atoms with E-state index in [4.69, 9.17) is 4.42 Å². The van der Waals surface area contributed by atoms with Crippen LogP contribution < -0.4 is 4.90 Å². The largest absolute Gasteiger partial charge is 0.444 e. The van der Waals surface area contributed by atoms with Crippen molar-refractivity contribution in [3.05, 3.63) is 51.0 Å². The molecule has 0 aromatic carbocycles. The maximum atomic E-state index is 12.3. The molecule has 23 heavy (non-hydrogen) atoms. The number of amides is 1. The summed E-state index contributed by atoms with van der Waals surface area (Å²) >= 11 is 3.18. The van der Waals surface area contributed by atoms with E-state index in [-0.39, 0.29) is 11.7 Å². The third-order valence-electron chi connectivity index (χ3n) is 3.64. The summed E-state index contributed by atoms with van der Waals surface area (Å²) in [5.74, 6) is -0.00883. The second kappa shape index (κ2) is 6.37. The lowest BCUT2D eigenvalue weighted by Gasteiger charge is -2.35. The molecule has 2 aromatic heterocycles. The Bertz CT molecular complexity index is 723. The number of halogens is 1. The predicted molar refractivity (Wildman–Crippen MR) is 85.4 cm³/mol. The molecule has 2 aromatic rings. The summed E-state index contributed by atoms with van der Waals surface area (Å²) in [6.07, 6.45) is 1.49. The maximum absolute atomic E-state index is 12.3. The molecule has 0 unspecified atom stereocenters. The fourth-order valence-electron chi connectivity index (χ4n) is 2.43. The Kier molecular flexibility index (Phi) is 4.28. The van der Waals surface area contributed by atoms with Crippen LogP contribution in [0.5, 0.6) is 0 Å². The number of carbonyl (C=O) groups is 1. The van der Waals surface area contributed by atoms with E-state index in [9.17, 15) is 14.9 Å². The molecule has 1 fully saturated rings. The monoisotopic (exact) mass is 380 g/mol. The van der Waals surface area contributed by atoms with Gasteiger partial charge in [0.2, 0.25) is 0 Å². The van der Waals surface area contributed by atoms with Gasteiger partial charge in [0.15, 0.2) is 16.6 Å². The van der Waals surface area contributed by atoms with E-state index in [0.717, 1.165) is 5.69 Å². The zero-order chi connectivity index (χ0) is 16.4. The Morgan fingerprint density at radius 2 is 1.96 bits per heavy atom. The molecule has 9 heteroatoms. The van der Waals surface area contributed by atoms with Crippen molar-refractivity contribution in [2.24, 2.45) is 0 Å². The van der Waals surface area contributed by atoms with Crippen molar-refractivity contribution in [1.29, 1.82) is 0 Å². The highest BCUT2D eigenvalue weighted by Crippen LogP contribution is 2.20. The standard InChI is InChI=1S/C14H13BrN4O4/c15-12-3-2-11(23-12)14(20)18-7-5-17(6-8-18)10-1-4-13(16-9-10)19(21)22/h1-4,9H,5-8H2. The van der Waals surface area contributed by atoms with Gasteiger partial charge in [0.1, 0.15) is 0 Å². The van der Waals surface area contributed by atoms with Crippen LogP contribution in [0.15, 0.2) is 39.5 Å². The van der Waals surface area contributed by atoms with Gasteiger partial charge in [-0.2, -0.15) is 0 Å². The van der Waals surface area contributed by atoms with E-state index in [1.807, 2.05) is 4.90 Å². The predicted octanol–water partition coefficient (Wildman–Crippen LogP) is 2.31. The average molecular weight is 381 g/mol. The van der Waals surface area contributed by atoms with Crippen molar-refractivity contribution in [2.75, 3.05) is 31.1 Å². The SMILES string of the molecule is O=C(c1ccc(Br)o1)N1CCN(c2ccc([N+](=O)[O-])nc2)CC1. The van der Waals surface area contributed by atoms with Crippen LogP contribution in [-0.2, 0) is 0 Å². The number of piperazine rings is 1. The Balaban J connectivity index is 1.61. The van der Waals surface area contributed by atoms with Crippen LogP contribution in [0.1, 0.15) is 10.6 Å². The third kappa shape index (κ3) is 3.34. The normalized spacial score (nSPS) is 14.8. The van der Waals surface area contributed by atoms with Crippen LogP contribution in [0.4, 0.5) is 11.5 Å². The van der Waals surface area contributed by atoms with E-state index in [1.165, 1.54) is 12.3 Å². The van der Waals surface area contributed by atoms with Crippen LogP contribution >= 0.6 is 15.9 Å². The number of hydrogen-bond acceptors (Lipinski definition) is 6. The minimum absolute atomic E-state index is 0.142. The number of aromatic nitrogens is 1. The van der Waals surface area contributed by atoms with Gasteiger partial charge >= 0.3 is 5.82 Å². The molecule has 0 radical (unpaired) electrons. The highest BCUT2D eigenvalue weighted by molar-refractivity contribution is 9.10. The first-order valence-corrected chi connectivity index (χ1v) is 7.74. The number of anilines is 1. The number of nitrogens with zero attached hydrogens (tertiary/aromatic N) is 4. The number of carbonyl (C=O) groups excluding carboxylic acids is 1. The lowest BCUT2D eigenvalue weighted by atomic mass is 10.2. The van der Waals surface area contributed by atoms with Crippen molar-refractivity contribution in [3.8, 4) is 0 Å². The van der Waals surface area contributed by atoms with Crippen LogP contribution in [-0.4, -0.2) is 46.9 Å². The summed E-state index contributed by atoms with van der Waals surface area (Å²) in [5, 5.41) is 10.6. The topological polar surface area (TPSA) is 92.7 Å². The second-order valence-electron chi connectivity index (χ2n) is 5.01. The van der Waals surface area contributed by atoms with Gasteiger partial charge in [-0.3, -0.25) is 4.79 Å². The Morgan fingerprint density at radius 3 is 2.48 bits per heavy atom. The zero-order valence-corrected chi connectivity index (χ0v) is 13.6. The highest BCUT2D eigenvalue weighted by Gasteiger charge is 2.25. The quantitative estimate of drug-likeness (QED) is 0.599. The molecule has 3 rings (SSSR count). The summed E-state index contributed by atoms with van der Waals surface area (Å²) < 4.78 is 5.81. The Labute approximate surface area is 140 Å². The van der Waals surface area contributed by atoms with Crippen LogP contribution in [0.25, 0.3) is 0 Å². The van der Waals surface area contributed by atoms with Gasteiger partial charge in [0.05, 0.1) is 5.69 Å².